The highest BCUT2D eigenvalue weighted by Crippen LogP contribution is 2.35. The minimum absolute atomic E-state index is 0.000341. The molecule has 0 unspecified atom stereocenters. The van der Waals surface area contributed by atoms with Crippen LogP contribution in [-0.2, 0) is 0 Å². The average Bonchev–Trinajstić information content (AvgIpc) is 2.86. The molecule has 4 heterocycles. The van der Waals surface area contributed by atoms with Gasteiger partial charge in [-0.1, -0.05) is 12.5 Å². The molecule has 5 rings (SSSR count). The summed E-state index contributed by atoms with van der Waals surface area (Å²) >= 11 is 0. The molecule has 0 spiro atoms. The van der Waals surface area contributed by atoms with E-state index in [9.17, 15) is 9.50 Å². The number of hydrogen-bond donors (Lipinski definition) is 2. The lowest BCUT2D eigenvalue weighted by atomic mass is 9.82. The van der Waals surface area contributed by atoms with Crippen molar-refractivity contribution in [3.05, 3.63) is 42.5 Å². The number of nitrogens with one attached hydrogen (secondary N) is 1. The van der Waals surface area contributed by atoms with Gasteiger partial charge in [-0.15, -0.1) is 10.2 Å². The van der Waals surface area contributed by atoms with Crippen LogP contribution in [0.5, 0.6) is 11.6 Å². The number of piperidine rings is 2. The molecule has 3 aromatic rings. The lowest BCUT2D eigenvalue weighted by Crippen LogP contribution is -2.61. The monoisotopic (exact) mass is 471 g/mol. The Morgan fingerprint density at radius 1 is 1.18 bits per heavy atom. The predicted octanol–water partition coefficient (Wildman–Crippen LogP) is 3.51. The first-order valence-electron chi connectivity index (χ1n) is 12.6. The van der Waals surface area contributed by atoms with E-state index >= 15 is 4.39 Å². The van der Waals surface area contributed by atoms with E-state index < -0.39 is 19.0 Å². The minimum atomic E-state index is -2.74. The van der Waals surface area contributed by atoms with Crippen molar-refractivity contribution in [3.63, 3.8) is 0 Å². The number of benzene rings is 1. The molecule has 34 heavy (non-hydrogen) atoms. The molecule has 10 heteroatoms. The van der Waals surface area contributed by atoms with Crippen molar-refractivity contribution in [2.45, 2.75) is 50.0 Å². The maximum absolute atomic E-state index is 15.1. The van der Waals surface area contributed by atoms with Gasteiger partial charge in [0.1, 0.15) is 17.7 Å². The molecule has 2 saturated heterocycles. The number of phenolic OH excluding ortho intramolecular Hbond substituents is 1. The van der Waals surface area contributed by atoms with Gasteiger partial charge in [-0.2, -0.15) is 0 Å². The van der Waals surface area contributed by atoms with Crippen LogP contribution in [-0.4, -0.2) is 63.7 Å². The molecule has 8 nitrogen and oxygen atoms in total. The topological polar surface area (TPSA) is 96.3 Å². The molecule has 2 N–H and O–H groups in total. The van der Waals surface area contributed by atoms with Crippen LogP contribution >= 0.6 is 0 Å². The first kappa shape index (κ1) is 19.0. The second kappa shape index (κ2) is 9.09. The Morgan fingerprint density at radius 2 is 2.06 bits per heavy atom. The van der Waals surface area contributed by atoms with E-state index in [0.29, 0.717) is 12.2 Å². The van der Waals surface area contributed by atoms with E-state index in [2.05, 4.69) is 25.5 Å². The smallest absolute Gasteiger partial charge is 0.213 e. The van der Waals surface area contributed by atoms with Gasteiger partial charge in [-0.05, 0) is 37.0 Å². The van der Waals surface area contributed by atoms with Crippen LogP contribution in [0, 0.1) is 5.82 Å². The number of alkyl halides is 1. The number of methoxy groups -OCH3 is 1. The molecule has 4 atom stereocenters. The third-order valence-electron chi connectivity index (χ3n) is 6.69. The second-order valence-electron chi connectivity index (χ2n) is 8.74. The van der Waals surface area contributed by atoms with E-state index in [1.807, 2.05) is 0 Å². The lowest BCUT2D eigenvalue weighted by molar-refractivity contribution is 0.107. The molecule has 2 aliphatic rings. The van der Waals surface area contributed by atoms with Crippen molar-refractivity contribution in [2.75, 3.05) is 19.0 Å². The van der Waals surface area contributed by atoms with Crippen LogP contribution in [0.3, 0.4) is 0 Å². The highest BCUT2D eigenvalue weighted by molar-refractivity contribution is 5.73. The third kappa shape index (κ3) is 4.13. The van der Waals surface area contributed by atoms with Gasteiger partial charge < -0.3 is 20.1 Å². The van der Waals surface area contributed by atoms with Crippen molar-refractivity contribution >= 4 is 5.82 Å². The van der Waals surface area contributed by atoms with Crippen molar-refractivity contribution in [1.82, 2.24) is 25.5 Å². The molecule has 0 saturated carbocycles. The van der Waals surface area contributed by atoms with Crippen molar-refractivity contribution in [1.29, 1.82) is 0 Å². The second-order valence-corrected chi connectivity index (χ2v) is 8.74. The third-order valence-corrected chi connectivity index (χ3v) is 6.69. The standard InChI is InChI=1S/C24H26F2N6O2/c1-32(19-9-14-4-3-5-18(29-14)23(19)26)21-12-28-24(31-30-21)15-7-6-13(8-20(15)33)16-10-22(34-2)27-11-17(16)25/h6-8,10-12,14,18-19,23,29,33H,3-5,9H2,1-2H3/t14-,18-,19-,23+/m1/s1/i2D3. The van der Waals surface area contributed by atoms with Gasteiger partial charge in [-0.25, -0.2) is 18.7 Å². The van der Waals surface area contributed by atoms with Crippen molar-refractivity contribution in [3.8, 4) is 34.1 Å². The van der Waals surface area contributed by atoms with Gasteiger partial charge in [-0.3, -0.25) is 0 Å². The van der Waals surface area contributed by atoms with Gasteiger partial charge in [0.15, 0.2) is 11.6 Å². The van der Waals surface area contributed by atoms with Gasteiger partial charge >= 0.3 is 0 Å². The Hall–Kier alpha value is -3.40. The van der Waals surface area contributed by atoms with Gasteiger partial charge in [0.2, 0.25) is 5.88 Å². The molecule has 2 fully saturated rings. The van der Waals surface area contributed by atoms with E-state index in [0.717, 1.165) is 31.5 Å². The number of anilines is 1. The summed E-state index contributed by atoms with van der Waals surface area (Å²) in [5.41, 5.74) is 0.532. The Balaban J connectivity index is 1.35. The summed E-state index contributed by atoms with van der Waals surface area (Å²) in [7, 11) is -0.958. The molecular formula is C24H26F2N6O2. The molecule has 0 radical (unpaired) electrons. The maximum Gasteiger partial charge on any atom is 0.213 e. The Kier molecular flexibility index (Phi) is 5.07. The van der Waals surface area contributed by atoms with Crippen LogP contribution in [0.15, 0.2) is 36.7 Å². The fourth-order valence-corrected chi connectivity index (χ4v) is 4.86. The average molecular weight is 472 g/mol. The molecule has 1 aromatic carbocycles. The summed E-state index contributed by atoms with van der Waals surface area (Å²) < 4.78 is 55.8. The SMILES string of the molecule is [2H]C([2H])([2H])Oc1cc(-c2ccc(-c3ncc(N(C)[C@@H]4C[C@H]5CCC[C@@H](N5)[C@@H]4F)nn3)c(O)c2)c(F)cn1. The number of halogens is 2. The molecular weight excluding hydrogens is 442 g/mol. The maximum atomic E-state index is 15.1. The zero-order valence-corrected chi connectivity index (χ0v) is 18.4. The summed E-state index contributed by atoms with van der Waals surface area (Å²) in [6.07, 6.45) is 4.86. The van der Waals surface area contributed by atoms with E-state index in [4.69, 9.17) is 8.85 Å². The van der Waals surface area contributed by atoms with Gasteiger partial charge in [0, 0.05) is 30.8 Å². The zero-order valence-electron chi connectivity index (χ0n) is 21.4. The molecule has 2 bridgehead atoms. The largest absolute Gasteiger partial charge is 0.507 e. The van der Waals surface area contributed by atoms with E-state index in [1.165, 1.54) is 24.4 Å². The van der Waals surface area contributed by atoms with Crippen molar-refractivity contribution < 1.29 is 22.7 Å². The number of rotatable bonds is 5. The number of hydrogen-bond acceptors (Lipinski definition) is 8. The predicted molar refractivity (Wildman–Crippen MR) is 123 cm³/mol. The number of aromatic nitrogens is 4. The molecule has 0 aliphatic carbocycles. The van der Waals surface area contributed by atoms with Crippen LogP contribution in [0.4, 0.5) is 14.6 Å². The van der Waals surface area contributed by atoms with Crippen LogP contribution in [0.2, 0.25) is 0 Å². The van der Waals surface area contributed by atoms with E-state index in [-0.39, 0.29) is 52.3 Å². The fraction of sp³-hybridized carbons (Fsp3) is 0.417. The molecule has 178 valence electrons. The molecule has 2 aliphatic heterocycles. The zero-order chi connectivity index (χ0) is 26.3. The summed E-state index contributed by atoms with van der Waals surface area (Å²) in [5.74, 6) is -0.663. The summed E-state index contributed by atoms with van der Waals surface area (Å²) in [6.45, 7) is 0. The number of ether oxygens (including phenoxy) is 1. The van der Waals surface area contributed by atoms with Gasteiger partial charge in [0.05, 0.1) is 35.1 Å². The molecule has 0 amide bonds. The number of pyridine rings is 1. The Morgan fingerprint density at radius 3 is 2.82 bits per heavy atom. The summed E-state index contributed by atoms with van der Waals surface area (Å²) in [5, 5.41) is 22.3. The van der Waals surface area contributed by atoms with Gasteiger partial charge in [0.25, 0.3) is 0 Å². The highest BCUT2D eigenvalue weighted by atomic mass is 19.1. The number of aromatic hydroxyl groups is 1. The lowest BCUT2D eigenvalue weighted by Gasteiger charge is -2.45. The van der Waals surface area contributed by atoms with Crippen LogP contribution < -0.4 is 15.0 Å². The van der Waals surface area contributed by atoms with Crippen LogP contribution in [0.1, 0.15) is 29.8 Å². The first-order chi connectivity index (χ1) is 17.6. The Labute approximate surface area is 200 Å². The summed E-state index contributed by atoms with van der Waals surface area (Å²) in [6, 6.07) is 5.27. The summed E-state index contributed by atoms with van der Waals surface area (Å²) in [4.78, 5) is 9.73. The van der Waals surface area contributed by atoms with E-state index in [1.54, 1.807) is 11.9 Å². The molecule has 2 aromatic heterocycles. The highest BCUT2D eigenvalue weighted by Gasteiger charge is 2.42. The van der Waals surface area contributed by atoms with Crippen molar-refractivity contribution in [2.24, 2.45) is 0 Å². The Bertz CT molecular complexity index is 1280. The normalized spacial score (nSPS) is 25.7. The first-order valence-corrected chi connectivity index (χ1v) is 11.1. The number of phenols is 1. The minimum Gasteiger partial charge on any atom is -0.507 e. The number of fused-ring (bicyclic) bond motifs is 2. The quantitative estimate of drug-likeness (QED) is 0.584. The van der Waals surface area contributed by atoms with Crippen LogP contribution in [0.25, 0.3) is 22.5 Å². The fourth-order valence-electron chi connectivity index (χ4n) is 4.86. The number of nitrogens with zero attached hydrogens (tertiary/aromatic N) is 5.